The molecule has 86 valence electrons. The number of rotatable bonds is 3. The molecule has 0 atom stereocenters. The minimum atomic E-state index is 0.0919. The molecular formula is C13H18N2O. The van der Waals surface area contributed by atoms with Gasteiger partial charge in [0, 0.05) is 11.9 Å². The molecule has 0 unspecified atom stereocenters. The van der Waals surface area contributed by atoms with Crippen molar-refractivity contribution < 1.29 is 5.11 Å². The fraction of sp³-hybridized carbons (Fsp3) is 0.462. The van der Waals surface area contributed by atoms with Crippen LogP contribution in [0.15, 0.2) is 18.3 Å². The molecule has 0 radical (unpaired) electrons. The normalized spacial score (nSPS) is 11.6. The Balaban J connectivity index is 2.59. The second-order valence-electron chi connectivity index (χ2n) is 4.67. The van der Waals surface area contributed by atoms with Gasteiger partial charge in [-0.25, -0.2) is 0 Å². The van der Waals surface area contributed by atoms with E-state index in [9.17, 15) is 5.11 Å². The molecule has 0 amide bonds. The van der Waals surface area contributed by atoms with Crippen molar-refractivity contribution in [1.29, 1.82) is 0 Å². The molecule has 1 N–H and O–H groups in total. The van der Waals surface area contributed by atoms with Crippen molar-refractivity contribution in [1.82, 2.24) is 9.78 Å². The quantitative estimate of drug-likeness (QED) is 0.859. The van der Waals surface area contributed by atoms with Gasteiger partial charge in [-0.1, -0.05) is 26.0 Å². The molecule has 0 aliphatic heterocycles. The molecule has 0 spiro atoms. The zero-order valence-electron chi connectivity index (χ0n) is 10.1. The van der Waals surface area contributed by atoms with Crippen LogP contribution in [0.25, 0.3) is 10.9 Å². The summed E-state index contributed by atoms with van der Waals surface area (Å²) in [4.78, 5) is 0. The van der Waals surface area contributed by atoms with E-state index < -0.39 is 0 Å². The highest BCUT2D eigenvalue weighted by molar-refractivity contribution is 5.82. The Labute approximate surface area is 95.7 Å². The van der Waals surface area contributed by atoms with Crippen LogP contribution in [0.5, 0.6) is 0 Å². The number of aromatic nitrogens is 2. The van der Waals surface area contributed by atoms with E-state index in [2.05, 4.69) is 18.9 Å². The average molecular weight is 218 g/mol. The van der Waals surface area contributed by atoms with E-state index in [0.717, 1.165) is 28.6 Å². The Hall–Kier alpha value is -1.35. The molecule has 3 nitrogen and oxygen atoms in total. The first kappa shape index (κ1) is 11.1. The molecule has 2 aromatic rings. The van der Waals surface area contributed by atoms with E-state index in [1.54, 1.807) is 0 Å². The van der Waals surface area contributed by atoms with Crippen molar-refractivity contribution in [3.8, 4) is 0 Å². The topological polar surface area (TPSA) is 38.1 Å². The van der Waals surface area contributed by atoms with Gasteiger partial charge in [-0.15, -0.1) is 0 Å². The zero-order valence-corrected chi connectivity index (χ0v) is 10.1. The summed E-state index contributed by atoms with van der Waals surface area (Å²) in [5.41, 5.74) is 3.27. The van der Waals surface area contributed by atoms with Crippen LogP contribution in [0.4, 0.5) is 0 Å². The number of nitrogens with zero attached hydrogens (tertiary/aromatic N) is 2. The van der Waals surface area contributed by atoms with Crippen LogP contribution >= 0.6 is 0 Å². The minimum Gasteiger partial charge on any atom is -0.392 e. The Morgan fingerprint density at radius 2 is 2.12 bits per heavy atom. The Bertz CT molecular complexity index is 500. The lowest BCUT2D eigenvalue weighted by molar-refractivity contribution is 0.281. The standard InChI is InChI=1S/C13H18N2O/c1-9(2)7-15-13-10(3)12(8-16)5-4-11(13)6-14-15/h4-6,9,16H,7-8H2,1-3H3. The molecular weight excluding hydrogens is 200 g/mol. The Morgan fingerprint density at radius 1 is 1.38 bits per heavy atom. The summed E-state index contributed by atoms with van der Waals surface area (Å²) >= 11 is 0. The largest absolute Gasteiger partial charge is 0.392 e. The molecule has 2 rings (SSSR count). The number of hydrogen-bond donors (Lipinski definition) is 1. The summed E-state index contributed by atoms with van der Waals surface area (Å²) in [6.45, 7) is 7.41. The third-order valence-corrected chi connectivity index (χ3v) is 2.88. The third kappa shape index (κ3) is 1.83. The van der Waals surface area contributed by atoms with Crippen LogP contribution in [0, 0.1) is 12.8 Å². The number of hydrogen-bond acceptors (Lipinski definition) is 2. The number of aliphatic hydroxyl groups is 1. The Morgan fingerprint density at radius 3 is 2.75 bits per heavy atom. The maximum atomic E-state index is 9.26. The molecule has 0 fully saturated rings. The van der Waals surface area contributed by atoms with E-state index >= 15 is 0 Å². The van der Waals surface area contributed by atoms with Crippen LogP contribution in [-0.2, 0) is 13.2 Å². The first-order chi connectivity index (χ1) is 7.63. The summed E-state index contributed by atoms with van der Waals surface area (Å²) in [6, 6.07) is 4.00. The first-order valence-corrected chi connectivity index (χ1v) is 5.68. The lowest BCUT2D eigenvalue weighted by Gasteiger charge is -2.10. The van der Waals surface area contributed by atoms with E-state index in [4.69, 9.17) is 0 Å². The van der Waals surface area contributed by atoms with Crippen LogP contribution in [-0.4, -0.2) is 14.9 Å². The van der Waals surface area contributed by atoms with Gasteiger partial charge in [-0.05, 0) is 24.0 Å². The Kier molecular flexibility index (Phi) is 2.97. The van der Waals surface area contributed by atoms with Crippen LogP contribution < -0.4 is 0 Å². The second-order valence-corrected chi connectivity index (χ2v) is 4.67. The van der Waals surface area contributed by atoms with Crippen molar-refractivity contribution in [2.75, 3.05) is 0 Å². The van der Waals surface area contributed by atoms with Crippen molar-refractivity contribution in [3.05, 3.63) is 29.5 Å². The SMILES string of the molecule is Cc1c(CO)ccc2cnn(CC(C)C)c12. The zero-order chi connectivity index (χ0) is 11.7. The molecule has 0 aliphatic carbocycles. The molecule has 3 heteroatoms. The molecule has 0 saturated carbocycles. The first-order valence-electron chi connectivity index (χ1n) is 5.68. The summed E-state index contributed by atoms with van der Waals surface area (Å²) in [6.07, 6.45) is 1.89. The van der Waals surface area contributed by atoms with Gasteiger partial charge in [0.05, 0.1) is 18.3 Å². The van der Waals surface area contributed by atoms with E-state index in [1.807, 2.05) is 29.9 Å². The van der Waals surface area contributed by atoms with Gasteiger partial charge in [0.15, 0.2) is 0 Å². The van der Waals surface area contributed by atoms with Crippen molar-refractivity contribution in [2.45, 2.75) is 33.9 Å². The predicted molar refractivity (Wildman–Crippen MR) is 65.2 cm³/mol. The van der Waals surface area contributed by atoms with Gasteiger partial charge in [0.25, 0.3) is 0 Å². The second kappa shape index (κ2) is 4.26. The number of benzene rings is 1. The number of fused-ring (bicyclic) bond motifs is 1. The van der Waals surface area contributed by atoms with E-state index in [-0.39, 0.29) is 6.61 Å². The van der Waals surface area contributed by atoms with Crippen molar-refractivity contribution in [3.63, 3.8) is 0 Å². The molecule has 1 heterocycles. The highest BCUT2D eigenvalue weighted by atomic mass is 16.3. The molecule has 1 aromatic carbocycles. The smallest absolute Gasteiger partial charge is 0.0715 e. The molecule has 16 heavy (non-hydrogen) atoms. The molecule has 0 aliphatic rings. The van der Waals surface area contributed by atoms with E-state index in [1.165, 1.54) is 0 Å². The van der Waals surface area contributed by atoms with Gasteiger partial charge >= 0.3 is 0 Å². The van der Waals surface area contributed by atoms with Crippen LogP contribution in [0.2, 0.25) is 0 Å². The summed E-state index contributed by atoms with van der Waals surface area (Å²) < 4.78 is 2.04. The van der Waals surface area contributed by atoms with Gasteiger partial charge < -0.3 is 5.11 Å². The fourth-order valence-corrected chi connectivity index (χ4v) is 2.05. The minimum absolute atomic E-state index is 0.0919. The molecule has 0 bridgehead atoms. The lowest BCUT2D eigenvalue weighted by Crippen LogP contribution is -2.07. The third-order valence-electron chi connectivity index (χ3n) is 2.88. The number of aryl methyl sites for hydroxylation is 1. The maximum Gasteiger partial charge on any atom is 0.0715 e. The number of aliphatic hydroxyl groups excluding tert-OH is 1. The molecule has 0 saturated heterocycles. The fourth-order valence-electron chi connectivity index (χ4n) is 2.05. The van der Waals surface area contributed by atoms with Gasteiger partial charge in [0.1, 0.15) is 0 Å². The highest BCUT2D eigenvalue weighted by Gasteiger charge is 2.09. The summed E-state index contributed by atoms with van der Waals surface area (Å²) in [5.74, 6) is 0.570. The molecule has 1 aromatic heterocycles. The monoisotopic (exact) mass is 218 g/mol. The van der Waals surface area contributed by atoms with Gasteiger partial charge in [-0.3, -0.25) is 4.68 Å². The lowest BCUT2D eigenvalue weighted by atomic mass is 10.1. The average Bonchev–Trinajstić information content (AvgIpc) is 2.62. The van der Waals surface area contributed by atoms with E-state index in [0.29, 0.717) is 5.92 Å². The maximum absolute atomic E-state index is 9.26. The van der Waals surface area contributed by atoms with Crippen LogP contribution in [0.3, 0.4) is 0 Å². The van der Waals surface area contributed by atoms with Crippen molar-refractivity contribution >= 4 is 10.9 Å². The summed E-state index contributed by atoms with van der Waals surface area (Å²) in [5, 5.41) is 14.8. The predicted octanol–water partition coefficient (Wildman–Crippen LogP) is 2.49. The van der Waals surface area contributed by atoms with Gasteiger partial charge in [0.2, 0.25) is 0 Å². The summed E-state index contributed by atoms with van der Waals surface area (Å²) in [7, 11) is 0. The highest BCUT2D eigenvalue weighted by Crippen LogP contribution is 2.22. The van der Waals surface area contributed by atoms with Crippen LogP contribution in [0.1, 0.15) is 25.0 Å². The van der Waals surface area contributed by atoms with Gasteiger partial charge in [-0.2, -0.15) is 5.10 Å². The van der Waals surface area contributed by atoms with Crippen molar-refractivity contribution in [2.24, 2.45) is 5.92 Å².